The van der Waals surface area contributed by atoms with Crippen LogP contribution in [0.5, 0.6) is 0 Å². The molecule has 1 aliphatic carbocycles. The van der Waals surface area contributed by atoms with Crippen LogP contribution >= 0.6 is 0 Å². The molecule has 4 rings (SSSR count). The first kappa shape index (κ1) is 45.0. The molecule has 3 aromatic carbocycles. The van der Waals surface area contributed by atoms with Gasteiger partial charge in [-0.25, -0.2) is 0 Å². The van der Waals surface area contributed by atoms with E-state index in [0.717, 1.165) is 0 Å². The summed E-state index contributed by atoms with van der Waals surface area (Å²) in [6.07, 6.45) is 14.6. The molecule has 3 aromatic rings. The topological polar surface area (TPSA) is 0 Å². The van der Waals surface area contributed by atoms with Gasteiger partial charge in [0.25, 0.3) is 0 Å². The van der Waals surface area contributed by atoms with Gasteiger partial charge in [0.2, 0.25) is 0 Å². The van der Waals surface area contributed by atoms with Gasteiger partial charge in [0.15, 0.2) is 0 Å². The van der Waals surface area contributed by atoms with Crippen molar-refractivity contribution in [1.29, 1.82) is 0 Å². The van der Waals surface area contributed by atoms with Crippen LogP contribution in [0.1, 0.15) is 129 Å². The van der Waals surface area contributed by atoms with E-state index in [9.17, 15) is 0 Å². The molecule has 0 nitrogen and oxygen atoms in total. The maximum absolute atomic E-state index is 2.72. The molecule has 0 radical (unpaired) electrons. The number of halogens is 3. The van der Waals surface area contributed by atoms with Crippen LogP contribution in [-0.2, 0) is 46.1 Å². The van der Waals surface area contributed by atoms with E-state index in [4.69, 9.17) is 0 Å². The van der Waals surface area contributed by atoms with Crippen molar-refractivity contribution < 1.29 is 57.7 Å². The first-order valence-corrected chi connectivity index (χ1v) is 20.9. The van der Waals surface area contributed by atoms with Gasteiger partial charge in [-0.1, -0.05) is 0 Å². The molecule has 5 heteroatoms. The van der Waals surface area contributed by atoms with Crippen molar-refractivity contribution in [1.82, 2.24) is 0 Å². The Morgan fingerprint density at radius 2 is 0.875 bits per heavy atom. The molecule has 0 N–H and O–H groups in total. The summed E-state index contributed by atoms with van der Waals surface area (Å²) in [5.41, 5.74) is 10.8. The SMILES string of the molecule is CCCCc1cc(CCCC)cc([Si](c2ccccc2)(c2cc(CCCC)cc(CCCC)c2)C2(C)C(C)=C(C)C(C)=[C]2[Ti+3])c1.[Cl-].[Cl-].[Cl-]. The third kappa shape index (κ3) is 9.05. The fourth-order valence-electron chi connectivity index (χ4n) is 7.99. The van der Waals surface area contributed by atoms with Gasteiger partial charge in [0, 0.05) is 0 Å². The standard InChI is InChI=1S/C43H59Si.3ClH.Ti/c1-9-13-20-36-26-37(21-14-10-2)29-41(28-36)44(40-24-18-17-19-25-40,43(8)32-33(5)34(6)35(43)7)42-30-38(22-15-11-3)27-39(31-42)23-16-12-4;;;;/h17-19,24-31H,9-16,20-23H2,1-8H3;3*1H;/q;;;;+3/p-3. The average molecular weight is 758 g/mol. The summed E-state index contributed by atoms with van der Waals surface area (Å²) in [6.45, 7) is 19.2. The monoisotopic (exact) mass is 756 g/mol. The normalized spacial score (nSPS) is 16.0. The zero-order valence-electron chi connectivity index (χ0n) is 31.0. The number of hydrogen-bond donors (Lipinski definition) is 0. The van der Waals surface area contributed by atoms with E-state index < -0.39 is 8.07 Å². The van der Waals surface area contributed by atoms with Crippen molar-refractivity contribution >= 4 is 23.6 Å². The summed E-state index contributed by atoms with van der Waals surface area (Å²) in [6, 6.07) is 27.7. The Bertz CT molecular complexity index is 1370. The van der Waals surface area contributed by atoms with Crippen molar-refractivity contribution in [3.05, 3.63) is 110 Å². The van der Waals surface area contributed by atoms with E-state index in [0.29, 0.717) is 0 Å². The van der Waals surface area contributed by atoms with Gasteiger partial charge in [-0.2, -0.15) is 0 Å². The van der Waals surface area contributed by atoms with Gasteiger partial charge in [0.05, 0.1) is 0 Å². The first-order chi connectivity index (χ1) is 21.7. The molecule has 0 heterocycles. The van der Waals surface area contributed by atoms with Gasteiger partial charge in [0.1, 0.15) is 0 Å². The molecule has 1 aliphatic rings. The van der Waals surface area contributed by atoms with E-state index in [1.165, 1.54) is 88.2 Å². The molecule has 0 saturated heterocycles. The Kier molecular flexibility index (Phi) is 19.4. The van der Waals surface area contributed by atoms with E-state index in [2.05, 4.69) is 143 Å². The molecule has 1 atom stereocenters. The predicted octanol–water partition coefficient (Wildman–Crippen LogP) is 1.47. The molecular weight excluding hydrogens is 699 g/mol. The van der Waals surface area contributed by atoms with Gasteiger partial charge >= 0.3 is 291 Å². The van der Waals surface area contributed by atoms with Crippen LogP contribution in [0.4, 0.5) is 0 Å². The molecule has 0 saturated carbocycles. The molecule has 0 fully saturated rings. The van der Waals surface area contributed by atoms with E-state index in [1.807, 2.05) is 0 Å². The third-order valence-corrected chi connectivity index (χ3v) is 18.3. The van der Waals surface area contributed by atoms with E-state index in [-0.39, 0.29) is 42.3 Å². The molecule has 48 heavy (non-hydrogen) atoms. The Labute approximate surface area is 326 Å². The second kappa shape index (κ2) is 20.7. The van der Waals surface area contributed by atoms with Gasteiger partial charge in [-0.3, -0.25) is 0 Å². The van der Waals surface area contributed by atoms with Crippen molar-refractivity contribution in [2.24, 2.45) is 0 Å². The van der Waals surface area contributed by atoms with Crippen molar-refractivity contribution in [2.75, 3.05) is 0 Å². The second-order valence-corrected chi connectivity index (χ2v) is 19.0. The van der Waals surface area contributed by atoms with Crippen LogP contribution in [-0.4, -0.2) is 8.07 Å². The molecule has 260 valence electrons. The number of allylic oxidation sites excluding steroid dienone is 4. The fourth-order valence-corrected chi connectivity index (χ4v) is 15.8. The smallest absolute Gasteiger partial charge is 1.00 e. The zero-order valence-corrected chi connectivity index (χ0v) is 35.8. The van der Waals surface area contributed by atoms with Crippen LogP contribution in [0.3, 0.4) is 0 Å². The molecule has 0 bridgehead atoms. The van der Waals surface area contributed by atoms with Crippen molar-refractivity contribution in [3.8, 4) is 0 Å². The zero-order chi connectivity index (χ0) is 32.6. The molecule has 1 unspecified atom stereocenters. The summed E-state index contributed by atoms with van der Waals surface area (Å²) in [7, 11) is -2.72. The van der Waals surface area contributed by atoms with Crippen LogP contribution in [0.2, 0.25) is 5.04 Å². The van der Waals surface area contributed by atoms with Crippen molar-refractivity contribution in [2.45, 2.75) is 137 Å². The molecule has 0 spiro atoms. The van der Waals surface area contributed by atoms with Crippen LogP contribution < -0.4 is 52.8 Å². The predicted molar refractivity (Wildman–Crippen MR) is 198 cm³/mol. The third-order valence-electron chi connectivity index (χ3n) is 11.0. The Balaban J connectivity index is 0.00000384. The summed E-state index contributed by atoms with van der Waals surface area (Å²) in [5, 5.41) is 4.72. The van der Waals surface area contributed by atoms with Gasteiger partial charge in [-0.05, 0) is 0 Å². The maximum atomic E-state index is 2.68. The summed E-state index contributed by atoms with van der Waals surface area (Å²) >= 11 is 2.47. The number of benzene rings is 3. The largest absolute Gasteiger partial charge is 1.00 e. The summed E-state index contributed by atoms with van der Waals surface area (Å²) in [5.74, 6) is 0. The van der Waals surface area contributed by atoms with Crippen LogP contribution in [0.25, 0.3) is 0 Å². The fraction of sp³-hybridized carbons (Fsp3) is 0.488. The van der Waals surface area contributed by atoms with Crippen LogP contribution in [0.15, 0.2) is 87.3 Å². The quantitative estimate of drug-likeness (QED) is 0.154. The summed E-state index contributed by atoms with van der Waals surface area (Å²) in [4.78, 5) is 0. The van der Waals surface area contributed by atoms with E-state index >= 15 is 0 Å². The number of unbranched alkanes of at least 4 members (excludes halogenated alkanes) is 4. The average Bonchev–Trinajstić information content (AvgIpc) is 3.20. The minimum Gasteiger partial charge on any atom is -1.00 e. The first-order valence-electron chi connectivity index (χ1n) is 18.1. The molecule has 0 amide bonds. The van der Waals surface area contributed by atoms with E-state index in [1.54, 1.807) is 47.3 Å². The second-order valence-electron chi connectivity index (χ2n) is 14.0. The Hall–Kier alpha value is -1.06. The Morgan fingerprint density at radius 3 is 1.17 bits per heavy atom. The van der Waals surface area contributed by atoms with Crippen molar-refractivity contribution in [3.63, 3.8) is 0 Å². The number of rotatable bonds is 16. The van der Waals surface area contributed by atoms with Gasteiger partial charge < -0.3 is 37.2 Å². The number of aryl methyl sites for hydroxylation is 4. The molecule has 0 aromatic heterocycles. The van der Waals surface area contributed by atoms with Crippen LogP contribution in [0, 0.1) is 0 Å². The Morgan fingerprint density at radius 1 is 0.521 bits per heavy atom. The summed E-state index contributed by atoms with van der Waals surface area (Å²) < 4.78 is 1.58. The minimum atomic E-state index is -2.72. The minimum absolute atomic E-state index is 0. The number of hydrogen-bond acceptors (Lipinski definition) is 0. The molecule has 0 aliphatic heterocycles. The molecular formula is C43H59Cl3SiTi. The van der Waals surface area contributed by atoms with Gasteiger partial charge in [-0.15, -0.1) is 0 Å². The maximum Gasteiger partial charge on any atom is -1.00 e.